The maximum atomic E-state index is 12.6. The molecule has 2 aromatic carbocycles. The summed E-state index contributed by atoms with van der Waals surface area (Å²) in [6, 6.07) is 16.2. The van der Waals surface area contributed by atoms with Gasteiger partial charge in [0.05, 0.1) is 4.90 Å². The van der Waals surface area contributed by atoms with Gasteiger partial charge in [-0.2, -0.15) is 4.31 Å². The van der Waals surface area contributed by atoms with E-state index in [4.69, 9.17) is 4.42 Å². The van der Waals surface area contributed by atoms with Crippen molar-refractivity contribution in [3.8, 4) is 11.3 Å². The van der Waals surface area contributed by atoms with Crippen molar-refractivity contribution in [3.63, 3.8) is 0 Å². The molecule has 5 nitrogen and oxygen atoms in total. The summed E-state index contributed by atoms with van der Waals surface area (Å²) in [5, 5.41) is 0. The standard InChI is InChI=1S/C26H27NO4S/c1-3-27(4-2)32(29,30)24-14-10-20(11-15-24)26-17-13-23(31-26)12-16-25(28)22-9-8-19-6-5-7-21(19)18-22/h8-18H,3-7H2,1-2H3. The summed E-state index contributed by atoms with van der Waals surface area (Å²) >= 11 is 0. The molecule has 1 aromatic heterocycles. The fraction of sp³-hybridized carbons (Fsp3) is 0.269. The number of hydrogen-bond acceptors (Lipinski definition) is 4. The van der Waals surface area contributed by atoms with E-state index in [1.807, 2.05) is 32.0 Å². The van der Waals surface area contributed by atoms with Crippen LogP contribution in [0.5, 0.6) is 0 Å². The van der Waals surface area contributed by atoms with E-state index in [0.29, 0.717) is 30.2 Å². The van der Waals surface area contributed by atoms with Gasteiger partial charge >= 0.3 is 0 Å². The van der Waals surface area contributed by atoms with Gasteiger partial charge in [0, 0.05) is 24.2 Å². The number of furan rings is 1. The van der Waals surface area contributed by atoms with Crippen molar-refractivity contribution in [2.75, 3.05) is 13.1 Å². The van der Waals surface area contributed by atoms with E-state index in [2.05, 4.69) is 6.07 Å². The molecule has 0 amide bonds. The van der Waals surface area contributed by atoms with Crippen LogP contribution < -0.4 is 0 Å². The molecule has 0 fully saturated rings. The molecule has 0 bridgehead atoms. The van der Waals surface area contributed by atoms with Crippen LogP contribution in [0.3, 0.4) is 0 Å². The minimum absolute atomic E-state index is 0.0522. The van der Waals surface area contributed by atoms with Crippen LogP contribution >= 0.6 is 0 Å². The molecule has 1 aliphatic rings. The molecule has 1 heterocycles. The highest BCUT2D eigenvalue weighted by molar-refractivity contribution is 7.89. The molecule has 0 radical (unpaired) electrons. The number of rotatable bonds is 8. The third-order valence-electron chi connectivity index (χ3n) is 5.89. The van der Waals surface area contributed by atoms with Crippen LogP contribution in [0.25, 0.3) is 17.4 Å². The molecule has 0 atom stereocenters. The Morgan fingerprint density at radius 3 is 2.41 bits per heavy atom. The first-order valence-corrected chi connectivity index (χ1v) is 12.4. The Labute approximate surface area is 189 Å². The molecule has 0 unspecified atom stereocenters. The van der Waals surface area contributed by atoms with E-state index < -0.39 is 10.0 Å². The second-order valence-corrected chi connectivity index (χ2v) is 9.79. The first-order valence-electron chi connectivity index (χ1n) is 11.0. The van der Waals surface area contributed by atoms with Gasteiger partial charge in [-0.25, -0.2) is 8.42 Å². The maximum Gasteiger partial charge on any atom is 0.243 e. The van der Waals surface area contributed by atoms with Crippen LogP contribution in [-0.4, -0.2) is 31.6 Å². The van der Waals surface area contributed by atoms with Crippen molar-refractivity contribution in [1.29, 1.82) is 0 Å². The summed E-state index contributed by atoms with van der Waals surface area (Å²) in [6.45, 7) is 4.50. The van der Waals surface area contributed by atoms with Gasteiger partial charge in [0.1, 0.15) is 11.5 Å². The highest BCUT2D eigenvalue weighted by Crippen LogP contribution is 2.26. The van der Waals surface area contributed by atoms with E-state index in [0.717, 1.165) is 24.8 Å². The highest BCUT2D eigenvalue weighted by atomic mass is 32.2. The van der Waals surface area contributed by atoms with E-state index >= 15 is 0 Å². The Balaban J connectivity index is 1.47. The smallest absolute Gasteiger partial charge is 0.243 e. The van der Waals surface area contributed by atoms with Crippen molar-refractivity contribution < 1.29 is 17.6 Å². The number of allylic oxidation sites excluding steroid dienone is 1. The van der Waals surface area contributed by atoms with Gasteiger partial charge in [0.15, 0.2) is 5.78 Å². The number of carbonyl (C=O) groups is 1. The average Bonchev–Trinajstić information content (AvgIpc) is 3.47. The van der Waals surface area contributed by atoms with Crippen molar-refractivity contribution in [1.82, 2.24) is 4.31 Å². The van der Waals surface area contributed by atoms with Crippen LogP contribution in [-0.2, 0) is 22.9 Å². The third-order valence-corrected chi connectivity index (χ3v) is 7.95. The number of ketones is 1. The lowest BCUT2D eigenvalue weighted by Crippen LogP contribution is -2.30. The van der Waals surface area contributed by atoms with Gasteiger partial charge in [-0.1, -0.05) is 26.0 Å². The Hall–Kier alpha value is -2.96. The third kappa shape index (κ3) is 4.47. The zero-order valence-corrected chi connectivity index (χ0v) is 19.2. The molecule has 4 rings (SSSR count). The molecular weight excluding hydrogens is 422 g/mol. The molecule has 0 N–H and O–H groups in total. The number of sulfonamides is 1. The number of benzene rings is 2. The molecule has 6 heteroatoms. The molecule has 3 aromatic rings. The molecule has 0 spiro atoms. The molecule has 166 valence electrons. The van der Waals surface area contributed by atoms with Crippen LogP contribution in [0, 0.1) is 0 Å². The Bertz CT molecular complexity index is 1250. The minimum atomic E-state index is -3.49. The van der Waals surface area contributed by atoms with Crippen molar-refractivity contribution in [2.45, 2.75) is 38.0 Å². The fourth-order valence-electron chi connectivity index (χ4n) is 4.08. The summed E-state index contributed by atoms with van der Waals surface area (Å²) in [5.41, 5.74) is 4.08. The second kappa shape index (κ2) is 9.27. The van der Waals surface area contributed by atoms with Gasteiger partial charge in [-0.05, 0) is 85.0 Å². The van der Waals surface area contributed by atoms with Crippen molar-refractivity contribution >= 4 is 21.9 Å². The monoisotopic (exact) mass is 449 g/mol. The Morgan fingerprint density at radius 1 is 0.969 bits per heavy atom. The molecule has 32 heavy (non-hydrogen) atoms. The molecule has 0 saturated carbocycles. The van der Waals surface area contributed by atoms with E-state index in [1.54, 1.807) is 36.4 Å². The largest absolute Gasteiger partial charge is 0.457 e. The Morgan fingerprint density at radius 2 is 1.69 bits per heavy atom. The highest BCUT2D eigenvalue weighted by Gasteiger charge is 2.21. The van der Waals surface area contributed by atoms with Gasteiger partial charge < -0.3 is 4.42 Å². The quantitative estimate of drug-likeness (QED) is 0.343. The molecule has 0 aliphatic heterocycles. The lowest BCUT2D eigenvalue weighted by atomic mass is 10.0. The van der Waals surface area contributed by atoms with Crippen LogP contribution in [0.1, 0.15) is 47.5 Å². The fourth-order valence-corrected chi connectivity index (χ4v) is 5.54. The molecule has 1 aliphatic carbocycles. The average molecular weight is 450 g/mol. The minimum Gasteiger partial charge on any atom is -0.457 e. The summed E-state index contributed by atoms with van der Waals surface area (Å²) in [5.74, 6) is 1.12. The van der Waals surface area contributed by atoms with Gasteiger partial charge in [0.25, 0.3) is 0 Å². The normalized spacial score (nSPS) is 13.7. The summed E-state index contributed by atoms with van der Waals surface area (Å²) in [7, 11) is -3.49. The number of fused-ring (bicyclic) bond motifs is 1. The summed E-state index contributed by atoms with van der Waals surface area (Å²) in [4.78, 5) is 12.8. The van der Waals surface area contributed by atoms with Gasteiger partial charge in [0.2, 0.25) is 10.0 Å². The predicted octanol–water partition coefficient (Wildman–Crippen LogP) is 5.36. The van der Waals surface area contributed by atoms with Crippen LogP contribution in [0.4, 0.5) is 0 Å². The number of hydrogen-bond donors (Lipinski definition) is 0. The SMILES string of the molecule is CCN(CC)S(=O)(=O)c1ccc(-c2ccc(C=CC(=O)c3ccc4c(c3)CCC4)o2)cc1. The summed E-state index contributed by atoms with van der Waals surface area (Å²) in [6.07, 6.45) is 6.48. The number of aryl methyl sites for hydroxylation is 2. The van der Waals surface area contributed by atoms with Gasteiger partial charge in [-0.15, -0.1) is 0 Å². The summed E-state index contributed by atoms with van der Waals surface area (Å²) < 4.78 is 32.5. The van der Waals surface area contributed by atoms with E-state index in [1.165, 1.54) is 21.5 Å². The molecular formula is C26H27NO4S. The first-order chi connectivity index (χ1) is 15.4. The van der Waals surface area contributed by atoms with E-state index in [9.17, 15) is 13.2 Å². The Kier molecular flexibility index (Phi) is 6.44. The zero-order valence-electron chi connectivity index (χ0n) is 18.4. The first kappa shape index (κ1) is 22.2. The van der Waals surface area contributed by atoms with Crippen molar-refractivity contribution in [3.05, 3.63) is 83.1 Å². The lowest BCUT2D eigenvalue weighted by molar-refractivity contribution is 0.104. The van der Waals surface area contributed by atoms with Crippen LogP contribution in [0.15, 0.2) is 70.0 Å². The lowest BCUT2D eigenvalue weighted by Gasteiger charge is -2.18. The van der Waals surface area contributed by atoms with Crippen molar-refractivity contribution in [2.24, 2.45) is 0 Å². The number of nitrogens with zero attached hydrogens (tertiary/aromatic N) is 1. The predicted molar refractivity (Wildman–Crippen MR) is 126 cm³/mol. The zero-order chi connectivity index (χ0) is 22.7. The topological polar surface area (TPSA) is 67.6 Å². The van der Waals surface area contributed by atoms with E-state index in [-0.39, 0.29) is 10.7 Å². The molecule has 0 saturated heterocycles. The maximum absolute atomic E-state index is 12.6. The van der Waals surface area contributed by atoms with Crippen LogP contribution in [0.2, 0.25) is 0 Å². The second-order valence-electron chi connectivity index (χ2n) is 7.85. The van der Waals surface area contributed by atoms with Gasteiger partial charge in [-0.3, -0.25) is 4.79 Å². The number of carbonyl (C=O) groups excluding carboxylic acids is 1.